The Labute approximate surface area is 141 Å². The number of rotatable bonds is 5. The number of carbonyl (C=O) groups excluding carboxylic acids is 1. The summed E-state index contributed by atoms with van der Waals surface area (Å²) in [6, 6.07) is 5.13. The van der Waals surface area contributed by atoms with Crippen LogP contribution in [0, 0.1) is 10.1 Å². The minimum absolute atomic E-state index is 0.0860. The molecule has 0 saturated heterocycles. The van der Waals surface area contributed by atoms with Gasteiger partial charge in [-0.05, 0) is 16.0 Å². The molecule has 11 heteroatoms. The molecule has 0 bridgehead atoms. The van der Waals surface area contributed by atoms with Crippen LogP contribution in [0.5, 0.6) is 0 Å². The van der Waals surface area contributed by atoms with Gasteiger partial charge in [-0.3, -0.25) is 10.1 Å². The summed E-state index contributed by atoms with van der Waals surface area (Å²) in [7, 11) is 2.73. The van der Waals surface area contributed by atoms with E-state index in [2.05, 4.69) is 20.8 Å². The van der Waals surface area contributed by atoms with Crippen LogP contribution in [0.15, 0.2) is 35.5 Å². The number of hydrogen-bond acceptors (Lipinski definition) is 9. The number of benzene rings is 1. The summed E-state index contributed by atoms with van der Waals surface area (Å²) in [6.07, 6.45) is 0. The van der Waals surface area contributed by atoms with Crippen LogP contribution in [0.1, 0.15) is 11.6 Å². The van der Waals surface area contributed by atoms with Gasteiger partial charge in [-0.15, -0.1) is 0 Å². The van der Waals surface area contributed by atoms with Crippen molar-refractivity contribution in [3.05, 3.63) is 51.2 Å². The fourth-order valence-corrected chi connectivity index (χ4v) is 2.66. The second-order valence-electron chi connectivity index (χ2n) is 5.14. The van der Waals surface area contributed by atoms with E-state index in [0.29, 0.717) is 11.3 Å². The molecule has 1 unspecified atom stereocenters. The molecule has 1 aliphatic rings. The number of nitro benzene ring substituents is 1. The number of methoxy groups -OCH3 is 2. The van der Waals surface area contributed by atoms with Crippen molar-refractivity contribution in [2.75, 3.05) is 26.1 Å². The number of hydrogen-bond donors (Lipinski definition) is 1. The SMILES string of the molecule is COCC1=C(C(=O)OC)C(c2cccc([N+](=O)[O-])c2)n2nnnc2N1. The van der Waals surface area contributed by atoms with Crippen molar-refractivity contribution < 1.29 is 19.2 Å². The maximum Gasteiger partial charge on any atom is 0.338 e. The molecule has 1 atom stereocenters. The van der Waals surface area contributed by atoms with Crippen molar-refractivity contribution in [3.8, 4) is 0 Å². The van der Waals surface area contributed by atoms with Gasteiger partial charge in [0.1, 0.15) is 6.04 Å². The molecule has 2 heterocycles. The number of nitrogens with one attached hydrogen (secondary N) is 1. The highest BCUT2D eigenvalue weighted by atomic mass is 16.6. The van der Waals surface area contributed by atoms with Crippen LogP contribution in [0.25, 0.3) is 0 Å². The smallest absolute Gasteiger partial charge is 0.338 e. The molecule has 130 valence electrons. The van der Waals surface area contributed by atoms with E-state index in [1.807, 2.05) is 0 Å². The number of fused-ring (bicyclic) bond motifs is 1. The molecule has 1 aromatic carbocycles. The first kappa shape index (κ1) is 16.5. The number of ether oxygens (including phenoxy) is 2. The first-order valence-electron chi connectivity index (χ1n) is 7.16. The number of aromatic nitrogens is 4. The molecule has 2 aromatic rings. The second kappa shape index (κ2) is 6.65. The summed E-state index contributed by atoms with van der Waals surface area (Å²) < 4.78 is 11.4. The van der Waals surface area contributed by atoms with Crippen LogP contribution < -0.4 is 5.32 Å². The van der Waals surface area contributed by atoms with Crippen LogP contribution >= 0.6 is 0 Å². The fraction of sp³-hybridized carbons (Fsp3) is 0.286. The van der Waals surface area contributed by atoms with Crippen molar-refractivity contribution >= 4 is 17.6 Å². The third-order valence-corrected chi connectivity index (χ3v) is 3.69. The molecule has 0 saturated carbocycles. The van der Waals surface area contributed by atoms with E-state index in [1.54, 1.807) is 6.07 Å². The normalized spacial score (nSPS) is 16.2. The largest absolute Gasteiger partial charge is 0.466 e. The molecule has 25 heavy (non-hydrogen) atoms. The number of anilines is 1. The molecule has 11 nitrogen and oxygen atoms in total. The van der Waals surface area contributed by atoms with Gasteiger partial charge in [0.05, 0.1) is 29.9 Å². The van der Waals surface area contributed by atoms with Crippen molar-refractivity contribution in [2.24, 2.45) is 0 Å². The van der Waals surface area contributed by atoms with Gasteiger partial charge in [0, 0.05) is 19.2 Å². The summed E-state index contributed by atoms with van der Waals surface area (Å²) in [6.45, 7) is 0.0860. The molecule has 0 fully saturated rings. The van der Waals surface area contributed by atoms with Gasteiger partial charge in [0.2, 0.25) is 5.95 Å². The standard InChI is InChI=1S/C14H14N6O5/c1-24-7-10-11(13(21)25-2)12(19-14(15-10)16-17-18-19)8-4-3-5-9(6-8)20(22)23/h3-6,12H,7H2,1-2H3,(H,15,16,18). The Kier molecular flexibility index (Phi) is 4.39. The van der Waals surface area contributed by atoms with Crippen LogP contribution in [0.2, 0.25) is 0 Å². The third-order valence-electron chi connectivity index (χ3n) is 3.69. The third kappa shape index (κ3) is 2.92. The van der Waals surface area contributed by atoms with E-state index in [0.717, 1.165) is 0 Å². The number of non-ortho nitro benzene ring substituents is 1. The minimum Gasteiger partial charge on any atom is -0.466 e. The average molecular weight is 346 g/mol. The summed E-state index contributed by atoms with van der Waals surface area (Å²) >= 11 is 0. The lowest BCUT2D eigenvalue weighted by Gasteiger charge is -2.28. The number of esters is 1. The molecular formula is C14H14N6O5. The molecule has 1 aliphatic heterocycles. The molecule has 0 radical (unpaired) electrons. The topological polar surface area (TPSA) is 134 Å². The Hall–Kier alpha value is -3.34. The van der Waals surface area contributed by atoms with E-state index in [1.165, 1.54) is 37.1 Å². The van der Waals surface area contributed by atoms with Crippen molar-refractivity contribution in [2.45, 2.75) is 6.04 Å². The Bertz CT molecular complexity index is 861. The van der Waals surface area contributed by atoms with E-state index >= 15 is 0 Å². The zero-order valence-electron chi connectivity index (χ0n) is 13.4. The second-order valence-corrected chi connectivity index (χ2v) is 5.14. The maximum absolute atomic E-state index is 12.4. The monoisotopic (exact) mass is 346 g/mol. The van der Waals surface area contributed by atoms with E-state index in [9.17, 15) is 14.9 Å². The summed E-state index contributed by atoms with van der Waals surface area (Å²) in [5.41, 5.74) is 0.999. The summed E-state index contributed by atoms with van der Waals surface area (Å²) in [5, 5.41) is 25.4. The van der Waals surface area contributed by atoms with Gasteiger partial charge in [-0.25, -0.2) is 4.79 Å². The Morgan fingerprint density at radius 2 is 2.24 bits per heavy atom. The quantitative estimate of drug-likeness (QED) is 0.471. The number of nitrogens with zero attached hydrogens (tertiary/aromatic N) is 5. The zero-order chi connectivity index (χ0) is 18.0. The van der Waals surface area contributed by atoms with Crippen molar-refractivity contribution in [1.82, 2.24) is 20.2 Å². The summed E-state index contributed by atoms with van der Waals surface area (Å²) in [5.74, 6) is -0.326. The van der Waals surface area contributed by atoms with Crippen LogP contribution in [-0.4, -0.2) is 51.9 Å². The van der Waals surface area contributed by atoms with Gasteiger partial charge in [0.15, 0.2) is 0 Å². The van der Waals surface area contributed by atoms with Crippen molar-refractivity contribution in [3.63, 3.8) is 0 Å². The van der Waals surface area contributed by atoms with Gasteiger partial charge < -0.3 is 14.8 Å². The Balaban J connectivity index is 2.21. The molecule has 0 amide bonds. The lowest BCUT2D eigenvalue weighted by atomic mass is 9.95. The molecule has 0 aliphatic carbocycles. The number of nitro groups is 1. The molecule has 0 spiro atoms. The first-order valence-corrected chi connectivity index (χ1v) is 7.16. The zero-order valence-corrected chi connectivity index (χ0v) is 13.4. The van der Waals surface area contributed by atoms with Crippen LogP contribution in [0.4, 0.5) is 11.6 Å². The van der Waals surface area contributed by atoms with Crippen LogP contribution in [0.3, 0.4) is 0 Å². The fourth-order valence-electron chi connectivity index (χ4n) is 2.66. The molecule has 1 N–H and O–H groups in total. The van der Waals surface area contributed by atoms with Crippen LogP contribution in [-0.2, 0) is 14.3 Å². The highest BCUT2D eigenvalue weighted by molar-refractivity contribution is 5.92. The van der Waals surface area contributed by atoms with Gasteiger partial charge >= 0.3 is 5.97 Å². The Morgan fingerprint density at radius 1 is 1.44 bits per heavy atom. The lowest BCUT2D eigenvalue weighted by Crippen LogP contribution is -2.31. The van der Waals surface area contributed by atoms with Gasteiger partial charge in [0.25, 0.3) is 5.69 Å². The first-order chi connectivity index (χ1) is 12.1. The van der Waals surface area contributed by atoms with Gasteiger partial charge in [-0.1, -0.05) is 17.2 Å². The molecule has 3 rings (SSSR count). The predicted octanol–water partition coefficient (Wildman–Crippen LogP) is 0.670. The number of carbonyl (C=O) groups is 1. The van der Waals surface area contributed by atoms with Gasteiger partial charge in [-0.2, -0.15) is 4.68 Å². The van der Waals surface area contributed by atoms with Crippen molar-refractivity contribution in [1.29, 1.82) is 0 Å². The Morgan fingerprint density at radius 3 is 2.92 bits per heavy atom. The maximum atomic E-state index is 12.4. The highest BCUT2D eigenvalue weighted by Crippen LogP contribution is 2.36. The lowest BCUT2D eigenvalue weighted by molar-refractivity contribution is -0.384. The van der Waals surface area contributed by atoms with E-state index in [4.69, 9.17) is 9.47 Å². The highest BCUT2D eigenvalue weighted by Gasteiger charge is 2.36. The van der Waals surface area contributed by atoms with E-state index < -0.39 is 16.9 Å². The minimum atomic E-state index is -0.788. The molecular weight excluding hydrogens is 332 g/mol. The number of tetrazole rings is 1. The predicted molar refractivity (Wildman–Crippen MR) is 83.6 cm³/mol. The molecule has 1 aromatic heterocycles. The van der Waals surface area contributed by atoms with E-state index in [-0.39, 0.29) is 23.8 Å². The summed E-state index contributed by atoms with van der Waals surface area (Å²) in [4.78, 5) is 23.0. The average Bonchev–Trinajstić information content (AvgIpc) is 3.08.